The molecule has 4 aliphatic rings. The van der Waals surface area contributed by atoms with Gasteiger partial charge in [0.15, 0.2) is 0 Å². The molecule has 4 heteroatoms. The van der Waals surface area contributed by atoms with E-state index in [4.69, 9.17) is 4.74 Å². The summed E-state index contributed by atoms with van der Waals surface area (Å²) < 4.78 is 4.93. The summed E-state index contributed by atoms with van der Waals surface area (Å²) in [6.07, 6.45) is 6.51. The first-order chi connectivity index (χ1) is 12.9. The van der Waals surface area contributed by atoms with Crippen LogP contribution in [0.1, 0.15) is 57.9 Å². The van der Waals surface area contributed by atoms with Crippen LogP contribution in [0.3, 0.4) is 0 Å². The summed E-state index contributed by atoms with van der Waals surface area (Å²) in [6.45, 7) is 3.90. The van der Waals surface area contributed by atoms with Crippen LogP contribution in [0.2, 0.25) is 0 Å². The lowest BCUT2D eigenvalue weighted by molar-refractivity contribution is -0.155. The van der Waals surface area contributed by atoms with E-state index in [-0.39, 0.29) is 28.6 Å². The zero-order chi connectivity index (χ0) is 19.2. The molecule has 0 radical (unpaired) electrons. The molecule has 0 aliphatic heterocycles. The van der Waals surface area contributed by atoms with Gasteiger partial charge in [-0.3, -0.25) is 4.79 Å². The normalized spacial score (nSPS) is 35.1. The third-order valence-electron chi connectivity index (χ3n) is 7.34. The lowest BCUT2D eigenvalue weighted by atomic mass is 9.42. The van der Waals surface area contributed by atoms with E-state index < -0.39 is 6.04 Å². The molecule has 0 unspecified atom stereocenters. The molecule has 0 spiro atoms. The number of rotatable bonds is 5. The summed E-state index contributed by atoms with van der Waals surface area (Å²) in [7, 11) is 1.39. The maximum absolute atomic E-state index is 13.5. The second-order valence-electron chi connectivity index (χ2n) is 9.61. The highest BCUT2D eigenvalue weighted by molar-refractivity contribution is 5.88. The first-order valence-corrected chi connectivity index (χ1v) is 10.3. The molecule has 1 N–H and O–H groups in total. The first kappa shape index (κ1) is 18.5. The van der Waals surface area contributed by atoms with Crippen molar-refractivity contribution in [3.8, 4) is 0 Å². The average molecular weight is 370 g/mol. The first-order valence-electron chi connectivity index (χ1n) is 10.3. The molecule has 4 bridgehead atoms. The van der Waals surface area contributed by atoms with Crippen molar-refractivity contribution in [3.63, 3.8) is 0 Å². The van der Waals surface area contributed by atoms with Gasteiger partial charge in [0.05, 0.1) is 12.5 Å². The molecule has 1 aromatic rings. The van der Waals surface area contributed by atoms with Crippen LogP contribution in [-0.2, 0) is 19.7 Å². The number of amides is 1. The van der Waals surface area contributed by atoms with Gasteiger partial charge in [-0.1, -0.05) is 44.2 Å². The molecule has 1 aromatic carbocycles. The molecule has 5 rings (SSSR count). The standard InChI is InChI=1S/C23H31NO3/c1-15(2)19(20(25)27-3)24-21(26)23-12-16-9-17(13-23)11-22(10-16,14-23)18-7-5-4-6-8-18/h4-8,15-17,19H,9-14H2,1-3H3,(H,24,26)/t16-,17-,19-,22?,23?/m1/s1. The Morgan fingerprint density at radius 2 is 1.70 bits per heavy atom. The Morgan fingerprint density at radius 1 is 1.07 bits per heavy atom. The molecule has 1 amide bonds. The van der Waals surface area contributed by atoms with Crippen molar-refractivity contribution in [1.29, 1.82) is 0 Å². The summed E-state index contributed by atoms with van der Waals surface area (Å²) in [5.74, 6) is 0.973. The fourth-order valence-electron chi connectivity index (χ4n) is 6.58. The predicted molar refractivity (Wildman–Crippen MR) is 104 cm³/mol. The van der Waals surface area contributed by atoms with Crippen LogP contribution in [0, 0.1) is 23.2 Å². The zero-order valence-corrected chi connectivity index (χ0v) is 16.7. The average Bonchev–Trinajstić information content (AvgIpc) is 2.64. The number of carbonyl (C=O) groups is 2. The Balaban J connectivity index is 1.63. The molecule has 4 saturated carbocycles. The van der Waals surface area contributed by atoms with Gasteiger partial charge in [-0.05, 0) is 67.3 Å². The van der Waals surface area contributed by atoms with Gasteiger partial charge < -0.3 is 10.1 Å². The van der Waals surface area contributed by atoms with Gasteiger partial charge in [-0.15, -0.1) is 0 Å². The van der Waals surface area contributed by atoms with Crippen molar-refractivity contribution in [2.45, 2.75) is 63.8 Å². The van der Waals surface area contributed by atoms with Crippen LogP contribution in [0.5, 0.6) is 0 Å². The van der Waals surface area contributed by atoms with Crippen LogP contribution >= 0.6 is 0 Å². The van der Waals surface area contributed by atoms with Crippen molar-refractivity contribution in [2.75, 3.05) is 7.11 Å². The van der Waals surface area contributed by atoms with E-state index in [9.17, 15) is 9.59 Å². The molecule has 146 valence electrons. The minimum atomic E-state index is -0.567. The molecule has 4 aliphatic carbocycles. The quantitative estimate of drug-likeness (QED) is 0.803. The minimum absolute atomic E-state index is 0.0124. The lowest BCUT2D eigenvalue weighted by Crippen LogP contribution is -2.61. The zero-order valence-electron chi connectivity index (χ0n) is 16.7. The number of hydrogen-bond donors (Lipinski definition) is 1. The van der Waals surface area contributed by atoms with Gasteiger partial charge in [-0.25, -0.2) is 4.79 Å². The smallest absolute Gasteiger partial charge is 0.328 e. The van der Waals surface area contributed by atoms with Gasteiger partial charge in [0.2, 0.25) is 5.91 Å². The number of nitrogens with one attached hydrogen (secondary N) is 1. The SMILES string of the molecule is COC(=O)[C@H](NC(=O)C12C[C@@H]3C[C@@H](C1)CC(c1ccccc1)(C3)C2)C(C)C. The predicted octanol–water partition coefficient (Wildman–Crippen LogP) is 3.84. The monoisotopic (exact) mass is 369 g/mol. The molecular formula is C23H31NO3. The van der Waals surface area contributed by atoms with E-state index in [1.807, 2.05) is 13.8 Å². The highest BCUT2D eigenvalue weighted by Gasteiger charge is 2.61. The van der Waals surface area contributed by atoms with E-state index in [2.05, 4.69) is 35.6 Å². The summed E-state index contributed by atoms with van der Waals surface area (Å²) >= 11 is 0. The molecule has 0 aromatic heterocycles. The number of methoxy groups -OCH3 is 1. The molecular weight excluding hydrogens is 338 g/mol. The number of benzene rings is 1. The molecule has 3 atom stereocenters. The Bertz CT molecular complexity index is 712. The van der Waals surface area contributed by atoms with E-state index in [0.717, 1.165) is 19.3 Å². The summed E-state index contributed by atoms with van der Waals surface area (Å²) in [6, 6.07) is 10.2. The Morgan fingerprint density at radius 3 is 2.26 bits per heavy atom. The second kappa shape index (κ2) is 6.65. The number of hydrogen-bond acceptors (Lipinski definition) is 3. The van der Waals surface area contributed by atoms with Gasteiger partial charge in [0.1, 0.15) is 6.04 Å². The van der Waals surface area contributed by atoms with Crippen LogP contribution in [-0.4, -0.2) is 25.0 Å². The van der Waals surface area contributed by atoms with Crippen molar-refractivity contribution in [2.24, 2.45) is 23.2 Å². The van der Waals surface area contributed by atoms with E-state index in [0.29, 0.717) is 11.8 Å². The third-order valence-corrected chi connectivity index (χ3v) is 7.34. The number of carbonyl (C=O) groups excluding carboxylic acids is 2. The van der Waals surface area contributed by atoms with Gasteiger partial charge in [0.25, 0.3) is 0 Å². The van der Waals surface area contributed by atoms with Gasteiger partial charge in [-0.2, -0.15) is 0 Å². The largest absolute Gasteiger partial charge is 0.467 e. The van der Waals surface area contributed by atoms with Gasteiger partial charge in [0, 0.05) is 0 Å². The van der Waals surface area contributed by atoms with Crippen molar-refractivity contribution in [3.05, 3.63) is 35.9 Å². The van der Waals surface area contributed by atoms with Crippen LogP contribution < -0.4 is 5.32 Å². The van der Waals surface area contributed by atoms with Crippen molar-refractivity contribution in [1.82, 2.24) is 5.32 Å². The van der Waals surface area contributed by atoms with Gasteiger partial charge >= 0.3 is 5.97 Å². The van der Waals surface area contributed by atoms with Crippen LogP contribution in [0.4, 0.5) is 0 Å². The number of ether oxygens (including phenoxy) is 1. The lowest BCUT2D eigenvalue weighted by Gasteiger charge is -2.61. The summed E-state index contributed by atoms with van der Waals surface area (Å²) in [5, 5.41) is 3.08. The fraction of sp³-hybridized carbons (Fsp3) is 0.652. The van der Waals surface area contributed by atoms with Crippen LogP contribution in [0.25, 0.3) is 0 Å². The maximum Gasteiger partial charge on any atom is 0.328 e. The molecule has 4 nitrogen and oxygen atoms in total. The summed E-state index contributed by atoms with van der Waals surface area (Å²) in [4.78, 5) is 25.6. The Labute approximate surface area is 162 Å². The van der Waals surface area contributed by atoms with Crippen LogP contribution in [0.15, 0.2) is 30.3 Å². The van der Waals surface area contributed by atoms with E-state index in [1.54, 1.807) is 0 Å². The Hall–Kier alpha value is -1.84. The van der Waals surface area contributed by atoms with Crippen molar-refractivity contribution < 1.29 is 14.3 Å². The molecule has 27 heavy (non-hydrogen) atoms. The minimum Gasteiger partial charge on any atom is -0.467 e. The summed E-state index contributed by atoms with van der Waals surface area (Å²) in [5.41, 5.74) is 1.19. The molecule has 4 fully saturated rings. The van der Waals surface area contributed by atoms with Crippen molar-refractivity contribution >= 4 is 11.9 Å². The maximum atomic E-state index is 13.5. The Kier molecular flexibility index (Phi) is 4.56. The fourth-order valence-corrected chi connectivity index (χ4v) is 6.58. The van der Waals surface area contributed by atoms with E-state index >= 15 is 0 Å². The highest BCUT2D eigenvalue weighted by Crippen LogP contribution is 2.65. The topological polar surface area (TPSA) is 55.4 Å². The molecule has 0 heterocycles. The number of esters is 1. The third kappa shape index (κ3) is 3.07. The molecule has 0 saturated heterocycles. The van der Waals surface area contributed by atoms with E-state index in [1.165, 1.54) is 31.9 Å². The highest BCUT2D eigenvalue weighted by atomic mass is 16.5. The second-order valence-corrected chi connectivity index (χ2v) is 9.61.